The number of carbonyl (C=O) groups excluding carboxylic acids is 1. The Morgan fingerprint density at radius 1 is 1.00 bits per heavy atom. The summed E-state index contributed by atoms with van der Waals surface area (Å²) in [6, 6.07) is 4.65. The average Bonchev–Trinajstić information content (AvgIpc) is 2.95. The van der Waals surface area contributed by atoms with Gasteiger partial charge in [0.2, 0.25) is 0 Å². The summed E-state index contributed by atoms with van der Waals surface area (Å²) >= 11 is 0.515. The molecule has 0 radical (unpaired) electrons. The molecule has 2 rings (SSSR count). The van der Waals surface area contributed by atoms with Gasteiger partial charge in [0.05, 0.1) is 5.69 Å². The van der Waals surface area contributed by atoms with E-state index < -0.39 is 34.9 Å². The summed E-state index contributed by atoms with van der Waals surface area (Å²) in [6.45, 7) is 0. The number of carbonyl (C=O) groups is 1. The number of amides is 1. The van der Waals surface area contributed by atoms with E-state index in [0.717, 1.165) is 12.1 Å². The molecule has 1 aromatic carbocycles. The van der Waals surface area contributed by atoms with Crippen molar-refractivity contribution in [1.82, 2.24) is 4.98 Å². The Morgan fingerprint density at radius 3 is 2.08 bits per heavy atom. The third kappa shape index (κ3) is 3.57. The van der Waals surface area contributed by atoms with Gasteiger partial charge in [-0.2, -0.15) is 30.7 Å². The molecule has 0 aliphatic rings. The third-order valence-electron chi connectivity index (χ3n) is 2.90. The van der Waals surface area contributed by atoms with Gasteiger partial charge in [0.1, 0.15) is 5.82 Å². The smallest absolute Gasteiger partial charge is 0.296 e. The normalized spacial score (nSPS) is 13.0. The summed E-state index contributed by atoms with van der Waals surface area (Å²) in [5.74, 6) is -16.0. The molecule has 0 bridgehead atoms. The van der Waals surface area contributed by atoms with Crippen LogP contribution in [0.15, 0.2) is 29.6 Å². The number of benzene rings is 1. The standard InChI is InChI=1S/C13H6F8N2OS/c14-7-3-1-6(2-4-7)8-5-25-10(22-8)23-9(24)11(15,16)12(17,18)13(19,20)21/h1-5H,(H,22,23,24). The lowest BCUT2D eigenvalue weighted by atomic mass is 10.1. The van der Waals surface area contributed by atoms with Gasteiger partial charge in [0.25, 0.3) is 0 Å². The fourth-order valence-electron chi connectivity index (χ4n) is 1.58. The van der Waals surface area contributed by atoms with E-state index in [9.17, 15) is 39.9 Å². The molecular formula is C13H6F8N2OS. The molecule has 0 atom stereocenters. The Kier molecular flexibility index (Phi) is 4.77. The summed E-state index contributed by atoms with van der Waals surface area (Å²) in [5.41, 5.74) is 0.386. The summed E-state index contributed by atoms with van der Waals surface area (Å²) in [7, 11) is 0. The maximum Gasteiger partial charge on any atom is 0.460 e. The molecule has 0 saturated carbocycles. The van der Waals surface area contributed by atoms with Crippen molar-refractivity contribution in [3.8, 4) is 11.3 Å². The highest BCUT2D eigenvalue weighted by atomic mass is 32.1. The SMILES string of the molecule is O=C(Nc1nc(-c2ccc(F)cc2)cs1)C(F)(F)C(F)(F)C(F)(F)F. The first-order valence-electron chi connectivity index (χ1n) is 6.21. The molecular weight excluding hydrogens is 384 g/mol. The monoisotopic (exact) mass is 390 g/mol. The van der Waals surface area contributed by atoms with Gasteiger partial charge < -0.3 is 0 Å². The van der Waals surface area contributed by atoms with Crippen molar-refractivity contribution in [1.29, 1.82) is 0 Å². The fraction of sp³-hybridized carbons (Fsp3) is 0.231. The maximum atomic E-state index is 13.2. The number of alkyl halides is 7. The zero-order valence-corrected chi connectivity index (χ0v) is 12.5. The molecule has 2 aromatic rings. The van der Waals surface area contributed by atoms with Gasteiger partial charge in [-0.05, 0) is 24.3 Å². The molecule has 0 fully saturated rings. The number of hydrogen-bond acceptors (Lipinski definition) is 3. The summed E-state index contributed by atoms with van der Waals surface area (Å²) in [4.78, 5) is 14.8. The van der Waals surface area contributed by atoms with E-state index in [1.54, 1.807) is 0 Å². The van der Waals surface area contributed by atoms with E-state index in [-0.39, 0.29) is 5.69 Å². The Morgan fingerprint density at radius 2 is 1.56 bits per heavy atom. The minimum Gasteiger partial charge on any atom is -0.296 e. The number of halogens is 8. The molecule has 3 nitrogen and oxygen atoms in total. The number of rotatable bonds is 4. The predicted molar refractivity (Wildman–Crippen MR) is 72.1 cm³/mol. The van der Waals surface area contributed by atoms with Crippen LogP contribution in [0.3, 0.4) is 0 Å². The van der Waals surface area contributed by atoms with Crippen molar-refractivity contribution in [2.24, 2.45) is 0 Å². The second kappa shape index (κ2) is 6.24. The van der Waals surface area contributed by atoms with Crippen molar-refractivity contribution in [2.75, 3.05) is 5.32 Å². The molecule has 1 amide bonds. The second-order valence-corrected chi connectivity index (χ2v) is 5.50. The molecule has 0 unspecified atom stereocenters. The van der Waals surface area contributed by atoms with E-state index in [0.29, 0.717) is 16.9 Å². The van der Waals surface area contributed by atoms with Gasteiger partial charge in [0.15, 0.2) is 5.13 Å². The number of aromatic nitrogens is 1. The first-order chi connectivity index (χ1) is 11.4. The van der Waals surface area contributed by atoms with E-state index in [2.05, 4.69) is 4.98 Å². The number of thiazole rings is 1. The Labute approximate surface area is 138 Å². The lowest BCUT2D eigenvalue weighted by molar-refractivity contribution is -0.343. The van der Waals surface area contributed by atoms with Crippen LogP contribution in [0.25, 0.3) is 11.3 Å². The highest BCUT2D eigenvalue weighted by Crippen LogP contribution is 2.47. The van der Waals surface area contributed by atoms with E-state index >= 15 is 0 Å². The minimum absolute atomic E-state index is 0.0752. The van der Waals surface area contributed by atoms with Crippen molar-refractivity contribution in [2.45, 2.75) is 18.0 Å². The third-order valence-corrected chi connectivity index (χ3v) is 3.66. The molecule has 136 valence electrons. The van der Waals surface area contributed by atoms with Gasteiger partial charge in [0, 0.05) is 10.9 Å². The van der Waals surface area contributed by atoms with Gasteiger partial charge in [-0.1, -0.05) is 0 Å². The largest absolute Gasteiger partial charge is 0.460 e. The second-order valence-electron chi connectivity index (χ2n) is 4.65. The van der Waals surface area contributed by atoms with Crippen LogP contribution in [0, 0.1) is 5.82 Å². The van der Waals surface area contributed by atoms with Crippen LogP contribution in [-0.4, -0.2) is 28.9 Å². The van der Waals surface area contributed by atoms with Gasteiger partial charge in [-0.3, -0.25) is 10.1 Å². The lowest BCUT2D eigenvalue weighted by Crippen LogP contribution is -2.57. The highest BCUT2D eigenvalue weighted by Gasteiger charge is 2.76. The number of nitrogens with one attached hydrogen (secondary N) is 1. The molecule has 12 heteroatoms. The molecule has 1 aromatic heterocycles. The zero-order chi connectivity index (χ0) is 19.0. The number of hydrogen-bond donors (Lipinski definition) is 1. The Balaban J connectivity index is 2.20. The fourth-order valence-corrected chi connectivity index (χ4v) is 2.30. The minimum atomic E-state index is -6.62. The topological polar surface area (TPSA) is 42.0 Å². The summed E-state index contributed by atoms with van der Waals surface area (Å²) < 4.78 is 101. The Bertz CT molecular complexity index is 769. The van der Waals surface area contributed by atoms with Crippen molar-refractivity contribution >= 4 is 22.4 Å². The predicted octanol–water partition coefficient (Wildman–Crippen LogP) is 4.72. The van der Waals surface area contributed by atoms with Crippen LogP contribution in [-0.2, 0) is 4.79 Å². The lowest BCUT2D eigenvalue weighted by Gasteiger charge is -2.26. The van der Waals surface area contributed by atoms with Gasteiger partial charge >= 0.3 is 23.9 Å². The zero-order valence-electron chi connectivity index (χ0n) is 11.7. The van der Waals surface area contributed by atoms with E-state index in [1.165, 1.54) is 22.8 Å². The molecule has 0 aliphatic carbocycles. The average molecular weight is 390 g/mol. The summed E-state index contributed by atoms with van der Waals surface area (Å²) in [5, 5.41) is 1.81. The first-order valence-corrected chi connectivity index (χ1v) is 7.09. The number of nitrogens with zero attached hydrogens (tertiary/aromatic N) is 1. The van der Waals surface area contributed by atoms with Crippen LogP contribution in [0.2, 0.25) is 0 Å². The Hall–Kier alpha value is -2.24. The molecule has 25 heavy (non-hydrogen) atoms. The van der Waals surface area contributed by atoms with Crippen LogP contribution < -0.4 is 5.32 Å². The van der Waals surface area contributed by atoms with Crippen molar-refractivity contribution in [3.63, 3.8) is 0 Å². The van der Waals surface area contributed by atoms with Crippen molar-refractivity contribution in [3.05, 3.63) is 35.5 Å². The van der Waals surface area contributed by atoms with Gasteiger partial charge in [-0.15, -0.1) is 11.3 Å². The molecule has 1 N–H and O–H groups in total. The van der Waals surface area contributed by atoms with Crippen LogP contribution >= 0.6 is 11.3 Å². The van der Waals surface area contributed by atoms with Crippen LogP contribution in [0.1, 0.15) is 0 Å². The van der Waals surface area contributed by atoms with Crippen LogP contribution in [0.4, 0.5) is 40.3 Å². The number of anilines is 1. The van der Waals surface area contributed by atoms with E-state index in [4.69, 9.17) is 0 Å². The van der Waals surface area contributed by atoms with Crippen molar-refractivity contribution < 1.29 is 39.9 Å². The van der Waals surface area contributed by atoms with Crippen LogP contribution in [0.5, 0.6) is 0 Å². The highest BCUT2D eigenvalue weighted by molar-refractivity contribution is 7.14. The van der Waals surface area contributed by atoms with E-state index in [1.807, 2.05) is 0 Å². The molecule has 1 heterocycles. The first kappa shape index (κ1) is 19.1. The molecule has 0 saturated heterocycles. The molecule has 0 aliphatic heterocycles. The maximum absolute atomic E-state index is 13.2. The molecule has 0 spiro atoms. The summed E-state index contributed by atoms with van der Waals surface area (Å²) in [6.07, 6.45) is -6.62. The quantitative estimate of drug-likeness (QED) is 0.768. The van der Waals surface area contributed by atoms with Gasteiger partial charge in [-0.25, -0.2) is 9.37 Å².